The van der Waals surface area contributed by atoms with Gasteiger partial charge in [-0.15, -0.1) is 0 Å². The fourth-order valence-corrected chi connectivity index (χ4v) is 3.56. The van der Waals surface area contributed by atoms with Gasteiger partial charge in [0.2, 0.25) is 5.91 Å². The first kappa shape index (κ1) is 25.3. The summed E-state index contributed by atoms with van der Waals surface area (Å²) >= 11 is 0. The third-order valence-electron chi connectivity index (χ3n) is 5.38. The molecule has 0 heterocycles. The smallest absolute Gasteiger partial charge is 0.244 e. The minimum absolute atomic E-state index is 0.0365. The van der Waals surface area contributed by atoms with Crippen LogP contribution in [0.25, 0.3) is 6.08 Å². The molecule has 0 aliphatic heterocycles. The minimum atomic E-state index is -0.0365. The average Bonchev–Trinajstić information content (AvgIpc) is 2.75. The van der Waals surface area contributed by atoms with Gasteiger partial charge in [0.25, 0.3) is 0 Å². The van der Waals surface area contributed by atoms with Crippen LogP contribution in [0.5, 0.6) is 5.75 Å². The highest BCUT2D eigenvalue weighted by molar-refractivity contribution is 5.92. The molecule has 3 heteroatoms. The molecule has 0 spiro atoms. The molecule has 1 aromatic rings. The first-order chi connectivity index (χ1) is 14.3. The molecule has 3 nitrogen and oxygen atoms in total. The Morgan fingerprint density at radius 3 is 1.90 bits per heavy atom. The summed E-state index contributed by atoms with van der Waals surface area (Å²) < 4.78 is 5.29. The zero-order valence-corrected chi connectivity index (χ0v) is 18.9. The molecule has 164 valence electrons. The second kappa shape index (κ2) is 18.3. The molecular formula is C26H43NO2. The van der Waals surface area contributed by atoms with E-state index in [2.05, 4.69) is 12.2 Å². The van der Waals surface area contributed by atoms with Gasteiger partial charge in [-0.1, -0.05) is 109 Å². The van der Waals surface area contributed by atoms with Crippen LogP contribution in [0.15, 0.2) is 30.3 Å². The Morgan fingerprint density at radius 2 is 1.34 bits per heavy atom. The van der Waals surface area contributed by atoms with Crippen LogP contribution in [0.2, 0.25) is 0 Å². The predicted molar refractivity (Wildman–Crippen MR) is 125 cm³/mol. The zero-order valence-electron chi connectivity index (χ0n) is 18.9. The molecule has 1 N–H and O–H groups in total. The van der Waals surface area contributed by atoms with Gasteiger partial charge in [-0.25, -0.2) is 0 Å². The summed E-state index contributed by atoms with van der Waals surface area (Å²) in [6.07, 6.45) is 22.3. The highest BCUT2D eigenvalue weighted by atomic mass is 16.5. The van der Waals surface area contributed by atoms with E-state index in [0.29, 0.717) is 0 Å². The Kier molecular flexibility index (Phi) is 15.9. The Morgan fingerprint density at radius 1 is 0.828 bits per heavy atom. The van der Waals surface area contributed by atoms with Gasteiger partial charge >= 0.3 is 0 Å². The zero-order chi connectivity index (χ0) is 21.0. The van der Waals surface area contributed by atoms with E-state index in [-0.39, 0.29) is 5.91 Å². The van der Waals surface area contributed by atoms with Crippen molar-refractivity contribution in [2.24, 2.45) is 0 Å². The molecule has 0 aliphatic rings. The highest BCUT2D eigenvalue weighted by Crippen LogP contribution is 2.18. The van der Waals surface area contributed by atoms with Crippen LogP contribution in [-0.4, -0.2) is 19.6 Å². The number of benzene rings is 1. The van der Waals surface area contributed by atoms with Gasteiger partial charge in [-0.3, -0.25) is 4.79 Å². The molecule has 0 unspecified atom stereocenters. The molecule has 0 bridgehead atoms. The lowest BCUT2D eigenvalue weighted by molar-refractivity contribution is -0.116. The van der Waals surface area contributed by atoms with Crippen molar-refractivity contribution in [2.75, 3.05) is 13.7 Å². The summed E-state index contributed by atoms with van der Waals surface area (Å²) in [5.41, 5.74) is 0.918. The topological polar surface area (TPSA) is 38.3 Å². The molecule has 0 fully saturated rings. The summed E-state index contributed by atoms with van der Waals surface area (Å²) in [4.78, 5) is 11.9. The number of carbonyl (C=O) groups excluding carboxylic acids is 1. The Balaban J connectivity index is 1.90. The number of hydrogen-bond donors (Lipinski definition) is 1. The number of nitrogens with one attached hydrogen (secondary N) is 1. The number of amides is 1. The van der Waals surface area contributed by atoms with Gasteiger partial charge in [-0.2, -0.15) is 0 Å². The van der Waals surface area contributed by atoms with E-state index in [1.807, 2.05) is 24.3 Å². The number of hydrogen-bond acceptors (Lipinski definition) is 2. The van der Waals surface area contributed by atoms with Crippen LogP contribution >= 0.6 is 0 Å². The van der Waals surface area contributed by atoms with E-state index in [9.17, 15) is 4.79 Å². The van der Waals surface area contributed by atoms with Gasteiger partial charge in [0, 0.05) is 18.2 Å². The number of ether oxygens (including phenoxy) is 1. The van der Waals surface area contributed by atoms with Crippen molar-refractivity contribution in [3.63, 3.8) is 0 Å². The summed E-state index contributed by atoms with van der Waals surface area (Å²) in [6, 6.07) is 7.70. The van der Waals surface area contributed by atoms with Crippen molar-refractivity contribution in [2.45, 2.75) is 96.8 Å². The third kappa shape index (κ3) is 13.9. The van der Waals surface area contributed by atoms with E-state index in [1.165, 1.54) is 83.5 Å². The van der Waals surface area contributed by atoms with E-state index >= 15 is 0 Å². The summed E-state index contributed by atoms with van der Waals surface area (Å²) in [7, 11) is 1.64. The van der Waals surface area contributed by atoms with Crippen LogP contribution in [0, 0.1) is 0 Å². The van der Waals surface area contributed by atoms with Crippen molar-refractivity contribution in [1.82, 2.24) is 5.32 Å². The van der Waals surface area contributed by atoms with E-state index in [4.69, 9.17) is 4.74 Å². The first-order valence-electron chi connectivity index (χ1n) is 11.9. The van der Waals surface area contributed by atoms with E-state index in [0.717, 1.165) is 24.3 Å². The number of rotatable bonds is 18. The van der Waals surface area contributed by atoms with Crippen LogP contribution in [0.1, 0.15) is 102 Å². The lowest BCUT2D eigenvalue weighted by Gasteiger charge is -2.05. The second-order valence-electron chi connectivity index (χ2n) is 7.96. The molecule has 1 amide bonds. The Labute approximate surface area is 179 Å². The molecule has 1 aromatic carbocycles. The molecule has 0 saturated heterocycles. The van der Waals surface area contributed by atoms with Crippen LogP contribution in [-0.2, 0) is 4.79 Å². The van der Waals surface area contributed by atoms with Crippen molar-refractivity contribution in [3.8, 4) is 5.75 Å². The Bertz CT molecular complexity index is 553. The molecule has 1 rings (SSSR count). The van der Waals surface area contributed by atoms with Crippen LogP contribution in [0.3, 0.4) is 0 Å². The molecule has 0 aliphatic carbocycles. The predicted octanol–water partition coefficient (Wildman–Crippen LogP) is 7.31. The van der Waals surface area contributed by atoms with Gasteiger partial charge in [0.1, 0.15) is 5.75 Å². The Hall–Kier alpha value is -1.77. The minimum Gasteiger partial charge on any atom is -0.496 e. The molecule has 29 heavy (non-hydrogen) atoms. The fourth-order valence-electron chi connectivity index (χ4n) is 3.56. The number of methoxy groups -OCH3 is 1. The molecular weight excluding hydrogens is 358 g/mol. The van der Waals surface area contributed by atoms with Crippen molar-refractivity contribution in [1.29, 1.82) is 0 Å². The number of para-hydroxylation sites is 1. The molecule has 0 saturated carbocycles. The maximum atomic E-state index is 11.9. The fraction of sp³-hybridized carbons (Fsp3) is 0.654. The van der Waals surface area contributed by atoms with Crippen molar-refractivity contribution < 1.29 is 9.53 Å². The maximum Gasteiger partial charge on any atom is 0.244 e. The van der Waals surface area contributed by atoms with Gasteiger partial charge in [0.05, 0.1) is 7.11 Å². The molecule has 0 aromatic heterocycles. The average molecular weight is 402 g/mol. The maximum absolute atomic E-state index is 11.9. The summed E-state index contributed by atoms with van der Waals surface area (Å²) in [5.74, 6) is 0.745. The number of carbonyl (C=O) groups is 1. The monoisotopic (exact) mass is 401 g/mol. The SMILES string of the molecule is CCCCCCCCCCCCCCCCNC(=O)/C=C/c1ccccc1OC. The second-order valence-corrected chi connectivity index (χ2v) is 7.96. The summed E-state index contributed by atoms with van der Waals surface area (Å²) in [6.45, 7) is 3.03. The van der Waals surface area contributed by atoms with Gasteiger partial charge in [0.15, 0.2) is 0 Å². The standard InChI is InChI=1S/C26H43NO2/c1-3-4-5-6-7-8-9-10-11-12-13-14-15-18-23-27-26(28)22-21-24-19-16-17-20-25(24)29-2/h16-17,19-22H,3-15,18,23H2,1-2H3,(H,27,28)/b22-21+. The molecule has 0 atom stereocenters. The van der Waals surface area contributed by atoms with Crippen LogP contribution in [0.4, 0.5) is 0 Å². The summed E-state index contributed by atoms with van der Waals surface area (Å²) in [5, 5.41) is 2.97. The van der Waals surface area contributed by atoms with E-state index < -0.39 is 0 Å². The van der Waals surface area contributed by atoms with Gasteiger partial charge < -0.3 is 10.1 Å². The molecule has 0 radical (unpaired) electrons. The highest BCUT2D eigenvalue weighted by Gasteiger charge is 1.99. The lowest BCUT2D eigenvalue weighted by atomic mass is 10.0. The third-order valence-corrected chi connectivity index (χ3v) is 5.38. The van der Waals surface area contributed by atoms with Crippen molar-refractivity contribution in [3.05, 3.63) is 35.9 Å². The van der Waals surface area contributed by atoms with Crippen molar-refractivity contribution >= 4 is 12.0 Å². The van der Waals surface area contributed by atoms with Gasteiger partial charge in [-0.05, 0) is 18.6 Å². The number of unbranched alkanes of at least 4 members (excludes halogenated alkanes) is 13. The normalized spacial score (nSPS) is 11.1. The van der Waals surface area contributed by atoms with Crippen LogP contribution < -0.4 is 10.1 Å². The largest absolute Gasteiger partial charge is 0.496 e. The lowest BCUT2D eigenvalue weighted by Crippen LogP contribution is -2.21. The van der Waals surface area contributed by atoms with E-state index in [1.54, 1.807) is 19.3 Å². The quantitative estimate of drug-likeness (QED) is 0.207. The first-order valence-corrected chi connectivity index (χ1v) is 11.9.